The zero-order valence-corrected chi connectivity index (χ0v) is 11.9. The number of rotatable bonds is 5. The van der Waals surface area contributed by atoms with Crippen LogP contribution in [0.4, 0.5) is 11.4 Å². The van der Waals surface area contributed by atoms with Gasteiger partial charge in [0.05, 0.1) is 23.5 Å². The van der Waals surface area contributed by atoms with Crippen LogP contribution in [0.2, 0.25) is 5.02 Å². The van der Waals surface area contributed by atoms with Crippen molar-refractivity contribution in [3.05, 3.63) is 46.9 Å². The molecule has 0 aliphatic rings. The summed E-state index contributed by atoms with van der Waals surface area (Å²) in [6, 6.07) is 7.04. The number of carboxylic acid groups (broad SMARTS) is 1. The van der Waals surface area contributed by atoms with E-state index in [9.17, 15) is 4.79 Å². The first-order valence-corrected chi connectivity index (χ1v) is 6.36. The largest absolute Gasteiger partial charge is 0.478 e. The summed E-state index contributed by atoms with van der Waals surface area (Å²) in [4.78, 5) is 12.7. The second-order valence-electron chi connectivity index (χ2n) is 4.52. The lowest BCUT2D eigenvalue weighted by atomic mass is 10.2. The summed E-state index contributed by atoms with van der Waals surface area (Å²) in [6.07, 6.45) is 1.23. The van der Waals surface area contributed by atoms with Crippen LogP contribution in [0.15, 0.2) is 34.9 Å². The third-order valence-electron chi connectivity index (χ3n) is 2.79. The van der Waals surface area contributed by atoms with Gasteiger partial charge in [0.25, 0.3) is 0 Å². The first kappa shape index (κ1) is 14.3. The molecule has 1 aromatic carbocycles. The average molecular weight is 295 g/mol. The number of aromatic carboxylic acids is 1. The fourth-order valence-electron chi connectivity index (χ4n) is 1.81. The first-order valence-electron chi connectivity index (χ1n) is 5.99. The van der Waals surface area contributed by atoms with E-state index >= 15 is 0 Å². The molecule has 2 rings (SSSR count). The van der Waals surface area contributed by atoms with Gasteiger partial charge >= 0.3 is 5.97 Å². The Hall–Kier alpha value is -2.14. The van der Waals surface area contributed by atoms with Gasteiger partial charge in [-0.05, 0) is 24.3 Å². The highest BCUT2D eigenvalue weighted by Crippen LogP contribution is 2.28. The van der Waals surface area contributed by atoms with Gasteiger partial charge in [-0.1, -0.05) is 11.6 Å². The minimum absolute atomic E-state index is 0.140. The SMILES string of the molecule is CN(C)c1ccc(Cl)cc1NCc1cc(C(=O)O)co1. The first-order chi connectivity index (χ1) is 9.47. The monoisotopic (exact) mass is 294 g/mol. The molecule has 0 aliphatic heterocycles. The molecule has 2 aromatic rings. The maximum absolute atomic E-state index is 10.8. The summed E-state index contributed by atoms with van der Waals surface area (Å²) < 4.78 is 5.19. The standard InChI is InChI=1S/C14H15ClN2O3/c1-17(2)13-4-3-10(15)6-12(13)16-7-11-5-9(8-20-11)14(18)19/h3-6,8,16H,7H2,1-2H3,(H,18,19). The van der Waals surface area contributed by atoms with Gasteiger partial charge in [-0.3, -0.25) is 0 Å². The Bertz CT molecular complexity index is 623. The maximum atomic E-state index is 10.8. The molecule has 1 heterocycles. The van der Waals surface area contributed by atoms with E-state index in [0.29, 0.717) is 17.3 Å². The molecule has 5 nitrogen and oxygen atoms in total. The van der Waals surface area contributed by atoms with Crippen molar-refractivity contribution in [2.75, 3.05) is 24.3 Å². The van der Waals surface area contributed by atoms with Gasteiger partial charge in [0, 0.05) is 19.1 Å². The molecular weight excluding hydrogens is 280 g/mol. The molecule has 20 heavy (non-hydrogen) atoms. The zero-order valence-electron chi connectivity index (χ0n) is 11.2. The molecule has 0 spiro atoms. The van der Waals surface area contributed by atoms with E-state index < -0.39 is 5.97 Å². The second kappa shape index (κ2) is 5.88. The van der Waals surface area contributed by atoms with Gasteiger partial charge in [-0.2, -0.15) is 0 Å². The van der Waals surface area contributed by atoms with Crippen LogP contribution in [-0.2, 0) is 6.54 Å². The van der Waals surface area contributed by atoms with E-state index in [1.165, 1.54) is 12.3 Å². The summed E-state index contributed by atoms with van der Waals surface area (Å²) in [5.41, 5.74) is 1.98. The lowest BCUT2D eigenvalue weighted by Crippen LogP contribution is -2.12. The van der Waals surface area contributed by atoms with Crippen molar-refractivity contribution >= 4 is 28.9 Å². The van der Waals surface area contributed by atoms with Crippen molar-refractivity contribution < 1.29 is 14.3 Å². The van der Waals surface area contributed by atoms with Crippen molar-refractivity contribution in [1.82, 2.24) is 0 Å². The molecule has 106 valence electrons. The molecule has 6 heteroatoms. The van der Waals surface area contributed by atoms with Crippen LogP contribution in [0.5, 0.6) is 0 Å². The molecule has 0 bridgehead atoms. The number of furan rings is 1. The minimum Gasteiger partial charge on any atom is -0.478 e. The normalized spacial score (nSPS) is 10.3. The maximum Gasteiger partial charge on any atom is 0.338 e. The number of hydrogen-bond donors (Lipinski definition) is 2. The molecule has 2 N–H and O–H groups in total. The van der Waals surface area contributed by atoms with Crippen molar-refractivity contribution in [2.24, 2.45) is 0 Å². The van der Waals surface area contributed by atoms with E-state index in [1.807, 2.05) is 37.2 Å². The lowest BCUT2D eigenvalue weighted by molar-refractivity contribution is 0.0696. The van der Waals surface area contributed by atoms with Crippen LogP contribution in [0, 0.1) is 0 Å². The molecule has 0 unspecified atom stereocenters. The summed E-state index contributed by atoms with van der Waals surface area (Å²) in [5.74, 6) is -0.455. The summed E-state index contributed by atoms with van der Waals surface area (Å²) in [7, 11) is 3.87. The number of nitrogens with one attached hydrogen (secondary N) is 1. The molecule has 0 amide bonds. The van der Waals surface area contributed by atoms with Crippen LogP contribution in [0.3, 0.4) is 0 Å². The minimum atomic E-state index is -1.00. The van der Waals surface area contributed by atoms with Gasteiger partial charge in [0.15, 0.2) is 0 Å². The van der Waals surface area contributed by atoms with Gasteiger partial charge in [-0.15, -0.1) is 0 Å². The fourth-order valence-corrected chi connectivity index (χ4v) is 1.98. The summed E-state index contributed by atoms with van der Waals surface area (Å²) >= 11 is 5.99. The average Bonchev–Trinajstić information content (AvgIpc) is 2.85. The Morgan fingerprint density at radius 2 is 2.15 bits per heavy atom. The number of hydrogen-bond acceptors (Lipinski definition) is 4. The van der Waals surface area contributed by atoms with E-state index in [2.05, 4.69) is 5.32 Å². The fraction of sp³-hybridized carbons (Fsp3) is 0.214. The van der Waals surface area contributed by atoms with Crippen LogP contribution >= 0.6 is 11.6 Å². The molecule has 0 fully saturated rings. The highest BCUT2D eigenvalue weighted by atomic mass is 35.5. The number of halogens is 1. The predicted molar refractivity (Wildman–Crippen MR) is 78.8 cm³/mol. The Morgan fingerprint density at radius 3 is 2.75 bits per heavy atom. The van der Waals surface area contributed by atoms with Gasteiger partial charge < -0.3 is 19.7 Å². The second-order valence-corrected chi connectivity index (χ2v) is 4.95. The molecule has 0 saturated carbocycles. The van der Waals surface area contributed by atoms with E-state index in [-0.39, 0.29) is 5.56 Å². The zero-order chi connectivity index (χ0) is 14.7. The Balaban J connectivity index is 2.13. The molecule has 0 radical (unpaired) electrons. The van der Waals surface area contributed by atoms with Crippen LogP contribution in [-0.4, -0.2) is 25.2 Å². The van der Waals surface area contributed by atoms with Crippen LogP contribution in [0.25, 0.3) is 0 Å². The molecule has 0 saturated heterocycles. The highest BCUT2D eigenvalue weighted by molar-refractivity contribution is 6.31. The third kappa shape index (κ3) is 3.24. The Morgan fingerprint density at radius 1 is 1.40 bits per heavy atom. The molecular formula is C14H15ClN2O3. The van der Waals surface area contributed by atoms with Crippen molar-refractivity contribution in [2.45, 2.75) is 6.54 Å². The lowest BCUT2D eigenvalue weighted by Gasteiger charge is -2.18. The van der Waals surface area contributed by atoms with Crippen LogP contribution in [0.1, 0.15) is 16.1 Å². The predicted octanol–water partition coefficient (Wildman–Crippen LogP) is 3.31. The Kier molecular flexibility index (Phi) is 4.20. The van der Waals surface area contributed by atoms with Crippen molar-refractivity contribution in [1.29, 1.82) is 0 Å². The number of carboxylic acids is 1. The quantitative estimate of drug-likeness (QED) is 0.885. The highest BCUT2D eigenvalue weighted by Gasteiger charge is 2.10. The third-order valence-corrected chi connectivity index (χ3v) is 3.03. The van der Waals surface area contributed by atoms with Crippen LogP contribution < -0.4 is 10.2 Å². The molecule has 0 atom stereocenters. The number of anilines is 2. The van der Waals surface area contributed by atoms with Gasteiger partial charge in [0.1, 0.15) is 12.0 Å². The number of benzene rings is 1. The summed E-state index contributed by atoms with van der Waals surface area (Å²) in [6.45, 7) is 0.383. The molecule has 1 aromatic heterocycles. The topological polar surface area (TPSA) is 65.7 Å². The smallest absolute Gasteiger partial charge is 0.338 e. The number of nitrogens with zero attached hydrogens (tertiary/aromatic N) is 1. The van der Waals surface area contributed by atoms with Gasteiger partial charge in [-0.25, -0.2) is 4.79 Å². The molecule has 0 aliphatic carbocycles. The van der Waals surface area contributed by atoms with Gasteiger partial charge in [0.2, 0.25) is 0 Å². The number of carbonyl (C=O) groups is 1. The van der Waals surface area contributed by atoms with E-state index in [1.54, 1.807) is 0 Å². The van der Waals surface area contributed by atoms with E-state index in [0.717, 1.165) is 11.4 Å². The Labute approximate surface area is 121 Å². The van der Waals surface area contributed by atoms with Crippen molar-refractivity contribution in [3.63, 3.8) is 0 Å². The van der Waals surface area contributed by atoms with Crippen molar-refractivity contribution in [3.8, 4) is 0 Å². The van der Waals surface area contributed by atoms with E-state index in [4.69, 9.17) is 21.1 Å². The summed E-state index contributed by atoms with van der Waals surface area (Å²) in [5, 5.41) is 12.7.